The van der Waals surface area contributed by atoms with Gasteiger partial charge in [0.05, 0.1) is 24.3 Å². The monoisotopic (exact) mass is 575 g/mol. The predicted molar refractivity (Wildman–Crippen MR) is 172 cm³/mol. The zero-order valence-corrected chi connectivity index (χ0v) is 24.9. The van der Waals surface area contributed by atoms with Gasteiger partial charge in [-0.15, -0.1) is 0 Å². The molecule has 1 saturated carbocycles. The van der Waals surface area contributed by atoms with Crippen LogP contribution in [0.5, 0.6) is 0 Å². The minimum absolute atomic E-state index is 0.0389. The quantitative estimate of drug-likeness (QED) is 0.270. The number of likely N-dealkylation sites (N-methyl/N-ethyl adjacent to an activating group) is 1. The van der Waals surface area contributed by atoms with E-state index in [0.717, 1.165) is 68.7 Å². The number of nitrogen functional groups attached to an aromatic ring is 1. The molecule has 43 heavy (non-hydrogen) atoms. The maximum atomic E-state index is 13.2. The molecule has 0 bridgehead atoms. The van der Waals surface area contributed by atoms with Gasteiger partial charge in [-0.2, -0.15) is 0 Å². The van der Waals surface area contributed by atoms with Crippen molar-refractivity contribution >= 4 is 11.7 Å². The Morgan fingerprint density at radius 2 is 1.51 bits per heavy atom. The van der Waals surface area contributed by atoms with Crippen molar-refractivity contribution in [2.24, 2.45) is 0 Å². The van der Waals surface area contributed by atoms with Gasteiger partial charge in [0, 0.05) is 44.5 Å². The van der Waals surface area contributed by atoms with E-state index in [1.165, 1.54) is 16.7 Å². The number of carbonyl (C=O) groups excluding carboxylic acids is 1. The van der Waals surface area contributed by atoms with Crippen molar-refractivity contribution in [3.63, 3.8) is 0 Å². The average molecular weight is 576 g/mol. The van der Waals surface area contributed by atoms with Crippen LogP contribution in [0.4, 0.5) is 5.82 Å². The zero-order valence-electron chi connectivity index (χ0n) is 24.9. The number of amides is 1. The van der Waals surface area contributed by atoms with Crippen molar-refractivity contribution in [2.75, 3.05) is 39.0 Å². The fourth-order valence-electron chi connectivity index (χ4n) is 6.05. The number of aromatic nitrogens is 1. The fraction of sp³-hybridized carbons (Fsp3) is 0.333. The van der Waals surface area contributed by atoms with E-state index in [1.54, 1.807) is 6.20 Å². The number of nitrogens with two attached hydrogens (primary N) is 1. The molecule has 7 heteroatoms. The number of pyridine rings is 1. The van der Waals surface area contributed by atoms with Gasteiger partial charge in [0.25, 0.3) is 5.91 Å². The Hall–Kier alpha value is -4.04. The average Bonchev–Trinajstić information content (AvgIpc) is 3.49. The first-order valence-electron chi connectivity index (χ1n) is 15.3. The van der Waals surface area contributed by atoms with E-state index in [4.69, 9.17) is 10.5 Å². The number of ether oxygens (including phenoxy) is 1. The molecule has 0 unspecified atom stereocenters. The van der Waals surface area contributed by atoms with Crippen LogP contribution in [-0.2, 0) is 17.9 Å². The Kier molecular flexibility index (Phi) is 9.13. The molecule has 7 nitrogen and oxygen atoms in total. The van der Waals surface area contributed by atoms with Crippen LogP contribution in [0.2, 0.25) is 0 Å². The number of nitrogens with zero attached hydrogens (tertiary/aromatic N) is 3. The lowest BCUT2D eigenvalue weighted by atomic mass is 10.0. The molecule has 6 rings (SSSR count). The van der Waals surface area contributed by atoms with Gasteiger partial charge < -0.3 is 20.7 Å². The number of rotatable bonds is 9. The zero-order chi connectivity index (χ0) is 29.6. The van der Waals surface area contributed by atoms with Crippen molar-refractivity contribution in [3.05, 3.63) is 108 Å². The Morgan fingerprint density at radius 1 is 0.860 bits per heavy atom. The SMILES string of the molecule is CN1CCN(Cc2ccc(-c3ccc(CO[C@H]4CCC[C@@H]4NC(=O)c4cc(-c5ccccc5)cnc4N)cc3)cc2)CC1. The van der Waals surface area contributed by atoms with Gasteiger partial charge in [-0.3, -0.25) is 9.69 Å². The van der Waals surface area contributed by atoms with E-state index >= 15 is 0 Å². The third kappa shape index (κ3) is 7.31. The van der Waals surface area contributed by atoms with Gasteiger partial charge >= 0.3 is 0 Å². The molecule has 0 spiro atoms. The highest BCUT2D eigenvalue weighted by Crippen LogP contribution is 2.27. The van der Waals surface area contributed by atoms with Gasteiger partial charge in [-0.1, -0.05) is 78.9 Å². The molecular formula is C36H41N5O2. The summed E-state index contributed by atoms with van der Waals surface area (Å²) in [5.74, 6) is 0.0274. The largest absolute Gasteiger partial charge is 0.383 e. The molecule has 2 fully saturated rings. The highest BCUT2D eigenvalue weighted by molar-refractivity contribution is 5.99. The van der Waals surface area contributed by atoms with Crippen molar-refractivity contribution in [2.45, 2.75) is 44.6 Å². The van der Waals surface area contributed by atoms with Gasteiger partial charge in [0.1, 0.15) is 5.82 Å². The van der Waals surface area contributed by atoms with E-state index in [9.17, 15) is 4.79 Å². The molecule has 1 aliphatic carbocycles. The molecule has 1 saturated heterocycles. The summed E-state index contributed by atoms with van der Waals surface area (Å²) in [5.41, 5.74) is 13.3. The molecule has 2 atom stereocenters. The molecule has 0 radical (unpaired) electrons. The summed E-state index contributed by atoms with van der Waals surface area (Å²) in [6.45, 7) is 6.06. The summed E-state index contributed by atoms with van der Waals surface area (Å²) in [5, 5.41) is 3.17. The lowest BCUT2D eigenvalue weighted by molar-refractivity contribution is 0.0272. The van der Waals surface area contributed by atoms with Crippen molar-refractivity contribution in [1.82, 2.24) is 20.1 Å². The number of benzene rings is 3. The standard InChI is InChI=1S/C36H41N5O2/c1-40-18-20-41(21-19-40)24-26-10-14-29(15-11-26)30-16-12-27(13-17-30)25-43-34-9-5-8-33(34)39-36(42)32-22-31(23-38-35(32)37)28-6-3-2-4-7-28/h2-4,6-7,10-17,22-23,33-34H,5,8-9,18-21,24-25H2,1H3,(H2,37,38)(H,39,42)/t33-,34-/m0/s1. The molecule has 1 aromatic heterocycles. The highest BCUT2D eigenvalue weighted by atomic mass is 16.5. The molecule has 1 aliphatic heterocycles. The van der Waals surface area contributed by atoms with Crippen molar-refractivity contribution in [3.8, 4) is 22.3 Å². The van der Waals surface area contributed by atoms with Crippen molar-refractivity contribution < 1.29 is 9.53 Å². The lowest BCUT2D eigenvalue weighted by Crippen LogP contribution is -2.43. The van der Waals surface area contributed by atoms with Crippen LogP contribution < -0.4 is 11.1 Å². The van der Waals surface area contributed by atoms with Gasteiger partial charge in [-0.05, 0) is 60.2 Å². The number of carbonyl (C=O) groups is 1. The van der Waals surface area contributed by atoms with Crippen LogP contribution in [0.1, 0.15) is 40.7 Å². The second-order valence-electron chi connectivity index (χ2n) is 11.9. The first-order chi connectivity index (χ1) is 21.0. The van der Waals surface area contributed by atoms with Crippen molar-refractivity contribution in [1.29, 1.82) is 0 Å². The fourth-order valence-corrected chi connectivity index (χ4v) is 6.05. The smallest absolute Gasteiger partial charge is 0.255 e. The molecule has 4 aromatic rings. The topological polar surface area (TPSA) is 83.7 Å². The van der Waals surface area contributed by atoms with Crippen LogP contribution in [0.15, 0.2) is 91.1 Å². The predicted octanol–water partition coefficient (Wildman–Crippen LogP) is 5.61. The Bertz CT molecular complexity index is 1500. The number of anilines is 1. The minimum Gasteiger partial charge on any atom is -0.383 e. The molecule has 2 heterocycles. The molecule has 2 aliphatic rings. The minimum atomic E-state index is -0.206. The normalized spacial score (nSPS) is 19.4. The van der Waals surface area contributed by atoms with Gasteiger partial charge in [0.2, 0.25) is 0 Å². The summed E-state index contributed by atoms with van der Waals surface area (Å²) in [7, 11) is 2.19. The van der Waals surface area contributed by atoms with E-state index in [2.05, 4.69) is 75.7 Å². The van der Waals surface area contributed by atoms with E-state index < -0.39 is 0 Å². The number of hydrogen-bond donors (Lipinski definition) is 2. The van der Waals surface area contributed by atoms with E-state index in [1.807, 2.05) is 36.4 Å². The maximum absolute atomic E-state index is 13.2. The highest BCUT2D eigenvalue weighted by Gasteiger charge is 2.30. The first kappa shape index (κ1) is 29.1. The van der Waals surface area contributed by atoms with Crippen LogP contribution >= 0.6 is 0 Å². The van der Waals surface area contributed by atoms with Crippen LogP contribution in [0.25, 0.3) is 22.3 Å². The van der Waals surface area contributed by atoms with Gasteiger partial charge in [-0.25, -0.2) is 4.98 Å². The lowest BCUT2D eigenvalue weighted by Gasteiger charge is -2.32. The Morgan fingerprint density at radius 3 is 2.21 bits per heavy atom. The van der Waals surface area contributed by atoms with E-state index in [-0.39, 0.29) is 23.9 Å². The number of piperazine rings is 1. The van der Waals surface area contributed by atoms with Crippen LogP contribution in [-0.4, -0.2) is 66.1 Å². The number of hydrogen-bond acceptors (Lipinski definition) is 6. The Balaban J connectivity index is 1.02. The summed E-state index contributed by atoms with van der Waals surface area (Å²) >= 11 is 0. The summed E-state index contributed by atoms with van der Waals surface area (Å²) in [6.07, 6.45) is 4.48. The summed E-state index contributed by atoms with van der Waals surface area (Å²) in [6, 6.07) is 29.2. The van der Waals surface area contributed by atoms with E-state index in [0.29, 0.717) is 12.2 Å². The van der Waals surface area contributed by atoms with Gasteiger partial charge in [0.15, 0.2) is 0 Å². The first-order valence-corrected chi connectivity index (χ1v) is 15.3. The molecule has 3 aromatic carbocycles. The number of nitrogens with one attached hydrogen (secondary N) is 1. The molecule has 1 amide bonds. The third-order valence-electron chi connectivity index (χ3n) is 8.75. The summed E-state index contributed by atoms with van der Waals surface area (Å²) < 4.78 is 6.33. The van der Waals surface area contributed by atoms with Crippen LogP contribution in [0.3, 0.4) is 0 Å². The summed E-state index contributed by atoms with van der Waals surface area (Å²) in [4.78, 5) is 22.4. The third-order valence-corrected chi connectivity index (χ3v) is 8.75. The Labute approximate surface area is 254 Å². The maximum Gasteiger partial charge on any atom is 0.255 e. The molecule has 3 N–H and O–H groups in total. The molecular weight excluding hydrogens is 534 g/mol. The molecule has 222 valence electrons. The second kappa shape index (κ2) is 13.5. The second-order valence-corrected chi connectivity index (χ2v) is 11.9. The van der Waals surface area contributed by atoms with Crippen LogP contribution in [0, 0.1) is 0 Å².